The van der Waals surface area contributed by atoms with Crippen molar-refractivity contribution in [3.8, 4) is 5.75 Å². The van der Waals surface area contributed by atoms with Gasteiger partial charge in [0.25, 0.3) is 5.17 Å². The molecule has 0 spiro atoms. The Morgan fingerprint density at radius 2 is 2.13 bits per heavy atom. The van der Waals surface area contributed by atoms with Crippen LogP contribution >= 0.6 is 12.2 Å². The maximum Gasteiger partial charge on any atom is 0.490 e. The fourth-order valence-corrected chi connectivity index (χ4v) is 0.921. The van der Waals surface area contributed by atoms with Crippen LogP contribution in [-0.2, 0) is 0 Å². The molecule has 0 bridgehead atoms. The van der Waals surface area contributed by atoms with Crippen molar-refractivity contribution in [3.05, 3.63) is 18.5 Å². The maximum absolute atomic E-state index is 8.91. The molecular weight excluding hydrogens is 215 g/mol. The first kappa shape index (κ1) is 11.9. The van der Waals surface area contributed by atoms with Gasteiger partial charge in [-0.05, 0) is 18.3 Å². The Bertz CT molecular complexity index is 359. The Kier molecular flexibility index (Phi) is 4.01. The van der Waals surface area contributed by atoms with E-state index in [1.165, 1.54) is 18.5 Å². The lowest BCUT2D eigenvalue weighted by Crippen LogP contribution is -2.31. The van der Waals surface area contributed by atoms with Crippen molar-refractivity contribution >= 4 is 30.0 Å². The summed E-state index contributed by atoms with van der Waals surface area (Å²) in [5.41, 5.74) is 0.258. The van der Waals surface area contributed by atoms with Gasteiger partial charge in [-0.3, -0.25) is 4.98 Å². The number of hydrogen-bond acceptors (Lipinski definition) is 5. The highest BCUT2D eigenvalue weighted by atomic mass is 32.1. The van der Waals surface area contributed by atoms with Gasteiger partial charge in [-0.2, -0.15) is 0 Å². The van der Waals surface area contributed by atoms with Gasteiger partial charge < -0.3 is 19.7 Å². The van der Waals surface area contributed by atoms with E-state index < -0.39 is 7.12 Å². The molecule has 0 saturated carbocycles. The van der Waals surface area contributed by atoms with Gasteiger partial charge in [-0.25, -0.2) is 0 Å². The molecule has 0 fully saturated rings. The van der Waals surface area contributed by atoms with E-state index in [2.05, 4.69) is 4.98 Å². The summed E-state index contributed by atoms with van der Waals surface area (Å²) in [5, 5.41) is 18.1. The average Bonchev–Trinajstić information content (AvgIpc) is 2.18. The van der Waals surface area contributed by atoms with Crippen molar-refractivity contribution in [1.29, 1.82) is 0 Å². The Balaban J connectivity index is 2.78. The lowest BCUT2D eigenvalue weighted by Gasteiger charge is -2.14. The summed E-state index contributed by atoms with van der Waals surface area (Å²) in [4.78, 5) is 5.42. The normalized spacial score (nSPS) is 9.60. The lowest BCUT2D eigenvalue weighted by molar-refractivity contribution is 0.424. The third-order valence-corrected chi connectivity index (χ3v) is 2.05. The number of hydrogen-bond donors (Lipinski definition) is 2. The third kappa shape index (κ3) is 3.47. The monoisotopic (exact) mass is 226 g/mol. The molecule has 5 nitrogen and oxygen atoms in total. The zero-order valence-electron chi connectivity index (χ0n) is 8.41. The Hall–Kier alpha value is -1.18. The molecule has 15 heavy (non-hydrogen) atoms. The molecule has 0 atom stereocenters. The van der Waals surface area contributed by atoms with Crippen LogP contribution in [0.3, 0.4) is 0 Å². The lowest BCUT2D eigenvalue weighted by atomic mass is 9.82. The van der Waals surface area contributed by atoms with Crippen molar-refractivity contribution in [2.75, 3.05) is 14.1 Å². The number of thiocarbonyl (C=S) groups is 1. The summed E-state index contributed by atoms with van der Waals surface area (Å²) < 4.78 is 5.24. The van der Waals surface area contributed by atoms with Crippen molar-refractivity contribution in [3.63, 3.8) is 0 Å². The summed E-state index contributed by atoms with van der Waals surface area (Å²) in [6, 6.07) is 1.47. The van der Waals surface area contributed by atoms with Crippen LogP contribution in [0, 0.1) is 0 Å². The van der Waals surface area contributed by atoms with Gasteiger partial charge in [0, 0.05) is 25.8 Å². The second-order valence-corrected chi connectivity index (χ2v) is 3.44. The van der Waals surface area contributed by atoms with Gasteiger partial charge in [-0.15, -0.1) is 0 Å². The van der Waals surface area contributed by atoms with Crippen LogP contribution in [0.15, 0.2) is 18.5 Å². The van der Waals surface area contributed by atoms with Gasteiger partial charge in [0.1, 0.15) is 5.75 Å². The van der Waals surface area contributed by atoms with Crippen LogP contribution in [0.1, 0.15) is 0 Å². The molecule has 0 aliphatic heterocycles. The standard InChI is InChI=1S/C8H11BN2O3S/c1-11(2)8(15)14-7-3-6(9(12)13)4-10-5-7/h3-5,12-13H,1-2H3. The predicted molar refractivity (Wildman–Crippen MR) is 61.0 cm³/mol. The quantitative estimate of drug-likeness (QED) is 0.497. The highest BCUT2D eigenvalue weighted by Gasteiger charge is 2.12. The minimum absolute atomic E-state index is 0.258. The van der Waals surface area contributed by atoms with E-state index in [-0.39, 0.29) is 10.6 Å². The van der Waals surface area contributed by atoms with Crippen LogP contribution in [0.4, 0.5) is 0 Å². The molecule has 1 aromatic rings. The van der Waals surface area contributed by atoms with E-state index in [0.29, 0.717) is 5.75 Å². The van der Waals surface area contributed by atoms with Crippen LogP contribution in [0.5, 0.6) is 5.75 Å². The fourth-order valence-electron chi connectivity index (χ4n) is 0.825. The summed E-state index contributed by atoms with van der Waals surface area (Å²) >= 11 is 4.92. The van der Waals surface area contributed by atoms with Gasteiger partial charge in [0.15, 0.2) is 0 Å². The summed E-state index contributed by atoms with van der Waals surface area (Å²) in [6.45, 7) is 0. The molecule has 0 aromatic carbocycles. The molecule has 7 heteroatoms. The number of rotatable bonds is 2. The summed E-state index contributed by atoms with van der Waals surface area (Å²) in [6.07, 6.45) is 2.79. The van der Waals surface area contributed by atoms with Gasteiger partial charge >= 0.3 is 7.12 Å². The molecule has 80 valence electrons. The number of ether oxygens (including phenoxy) is 1. The van der Waals surface area contributed by atoms with E-state index in [1.54, 1.807) is 19.0 Å². The predicted octanol–water partition coefficient (Wildman–Crippen LogP) is -1.01. The van der Waals surface area contributed by atoms with Gasteiger partial charge in [0.05, 0.1) is 6.20 Å². The largest absolute Gasteiger partial charge is 0.490 e. The number of aromatic nitrogens is 1. The molecule has 2 N–H and O–H groups in total. The molecule has 0 amide bonds. The highest BCUT2D eigenvalue weighted by molar-refractivity contribution is 7.80. The molecule has 0 radical (unpaired) electrons. The first-order valence-corrected chi connectivity index (χ1v) is 4.61. The van der Waals surface area contributed by atoms with E-state index in [0.717, 1.165) is 0 Å². The number of nitrogens with zero attached hydrogens (tertiary/aromatic N) is 2. The molecule has 1 heterocycles. The SMILES string of the molecule is CN(C)C(=S)Oc1cncc(B(O)O)c1. The molecule has 0 aliphatic rings. The molecular formula is C8H11BN2O3S. The number of pyridine rings is 1. The van der Waals surface area contributed by atoms with Gasteiger partial charge in [0.2, 0.25) is 0 Å². The summed E-state index contributed by atoms with van der Waals surface area (Å²) in [7, 11) is 1.94. The Morgan fingerprint density at radius 1 is 1.47 bits per heavy atom. The molecule has 1 rings (SSSR count). The van der Waals surface area contributed by atoms with E-state index in [1.807, 2.05) is 0 Å². The first-order chi connectivity index (χ1) is 7.00. The minimum atomic E-state index is -1.56. The van der Waals surface area contributed by atoms with Crippen molar-refractivity contribution < 1.29 is 14.8 Å². The topological polar surface area (TPSA) is 65.8 Å². The molecule has 0 unspecified atom stereocenters. The molecule has 0 saturated heterocycles. The summed E-state index contributed by atoms with van der Waals surface area (Å²) in [5.74, 6) is 0.374. The fraction of sp³-hybridized carbons (Fsp3) is 0.250. The maximum atomic E-state index is 8.91. The second kappa shape index (κ2) is 5.06. The Labute approximate surface area is 93.5 Å². The minimum Gasteiger partial charge on any atom is -0.430 e. The van der Waals surface area contributed by atoms with E-state index >= 15 is 0 Å². The van der Waals surface area contributed by atoms with Crippen molar-refractivity contribution in [2.24, 2.45) is 0 Å². The zero-order chi connectivity index (χ0) is 11.4. The van der Waals surface area contributed by atoms with Crippen molar-refractivity contribution in [2.45, 2.75) is 0 Å². The third-order valence-electron chi connectivity index (χ3n) is 1.60. The van der Waals surface area contributed by atoms with E-state index in [4.69, 9.17) is 27.0 Å². The second-order valence-electron chi connectivity index (χ2n) is 3.09. The Morgan fingerprint density at radius 3 is 2.67 bits per heavy atom. The molecule has 0 aliphatic carbocycles. The smallest absolute Gasteiger partial charge is 0.430 e. The van der Waals surface area contributed by atoms with Crippen LogP contribution < -0.4 is 10.2 Å². The van der Waals surface area contributed by atoms with Crippen LogP contribution in [0.25, 0.3) is 0 Å². The zero-order valence-corrected chi connectivity index (χ0v) is 9.23. The van der Waals surface area contributed by atoms with E-state index in [9.17, 15) is 0 Å². The van der Waals surface area contributed by atoms with Crippen LogP contribution in [0.2, 0.25) is 0 Å². The first-order valence-electron chi connectivity index (χ1n) is 4.21. The van der Waals surface area contributed by atoms with Crippen LogP contribution in [-0.4, -0.2) is 46.3 Å². The molecule has 1 aromatic heterocycles. The van der Waals surface area contributed by atoms with Gasteiger partial charge in [-0.1, -0.05) is 0 Å². The average molecular weight is 226 g/mol. The highest BCUT2D eigenvalue weighted by Crippen LogP contribution is 2.06. The van der Waals surface area contributed by atoms with Crippen molar-refractivity contribution in [1.82, 2.24) is 9.88 Å².